The molecule has 2 N–H and O–H groups in total. The average Bonchev–Trinajstić information content (AvgIpc) is 3.03. The Morgan fingerprint density at radius 3 is 2.80 bits per heavy atom. The van der Waals surface area contributed by atoms with Crippen molar-refractivity contribution in [2.75, 3.05) is 18.4 Å². The first-order valence-electron chi connectivity index (χ1n) is 9.18. The normalized spacial score (nSPS) is 24.7. The molecular formula is C18H24ClN5O. The molecule has 4 rings (SSSR count). The SMILES string of the molecule is C[C@H]1CCCC1n1c(=O)c(Cl)cc2cnc(NC3CCNCC3)nc21. The fourth-order valence-electron chi connectivity index (χ4n) is 4.12. The van der Waals surface area contributed by atoms with Crippen LogP contribution in [0.2, 0.25) is 5.02 Å². The van der Waals surface area contributed by atoms with Gasteiger partial charge in [0.05, 0.1) is 0 Å². The maximum Gasteiger partial charge on any atom is 0.271 e. The van der Waals surface area contributed by atoms with Crippen molar-refractivity contribution in [1.82, 2.24) is 19.9 Å². The van der Waals surface area contributed by atoms with Crippen molar-refractivity contribution >= 4 is 28.6 Å². The minimum atomic E-state index is -0.139. The van der Waals surface area contributed by atoms with E-state index in [2.05, 4.69) is 22.5 Å². The Hall–Kier alpha value is -1.66. The third kappa shape index (κ3) is 3.25. The lowest BCUT2D eigenvalue weighted by atomic mass is 10.1. The van der Waals surface area contributed by atoms with E-state index in [9.17, 15) is 4.79 Å². The van der Waals surface area contributed by atoms with Gasteiger partial charge in [0.1, 0.15) is 10.7 Å². The monoisotopic (exact) mass is 361 g/mol. The molecule has 2 aliphatic rings. The number of aromatic nitrogens is 3. The van der Waals surface area contributed by atoms with Crippen LogP contribution in [0.25, 0.3) is 11.0 Å². The second kappa shape index (κ2) is 6.92. The van der Waals surface area contributed by atoms with Crippen LogP contribution in [0.4, 0.5) is 5.95 Å². The van der Waals surface area contributed by atoms with E-state index in [1.807, 2.05) is 4.57 Å². The highest BCUT2D eigenvalue weighted by molar-refractivity contribution is 6.31. The summed E-state index contributed by atoms with van der Waals surface area (Å²) in [7, 11) is 0. The molecule has 1 saturated carbocycles. The van der Waals surface area contributed by atoms with Crippen molar-refractivity contribution in [3.8, 4) is 0 Å². The van der Waals surface area contributed by atoms with E-state index in [1.54, 1.807) is 12.3 Å². The number of fused-ring (bicyclic) bond motifs is 1. The van der Waals surface area contributed by atoms with Crippen LogP contribution < -0.4 is 16.2 Å². The Labute approximate surface area is 152 Å². The maximum atomic E-state index is 12.8. The summed E-state index contributed by atoms with van der Waals surface area (Å²) in [6, 6.07) is 2.22. The lowest BCUT2D eigenvalue weighted by molar-refractivity contribution is 0.406. The molecule has 1 saturated heterocycles. The van der Waals surface area contributed by atoms with Gasteiger partial charge in [0.2, 0.25) is 5.95 Å². The van der Waals surface area contributed by atoms with Crippen molar-refractivity contribution in [2.24, 2.45) is 5.92 Å². The molecule has 0 bridgehead atoms. The van der Waals surface area contributed by atoms with Crippen LogP contribution >= 0.6 is 11.6 Å². The highest BCUT2D eigenvalue weighted by atomic mass is 35.5. The fourth-order valence-corrected chi connectivity index (χ4v) is 4.33. The molecule has 1 aliphatic carbocycles. The minimum Gasteiger partial charge on any atom is -0.351 e. The van der Waals surface area contributed by atoms with Gasteiger partial charge >= 0.3 is 0 Å². The summed E-state index contributed by atoms with van der Waals surface area (Å²) in [4.78, 5) is 21.9. The van der Waals surface area contributed by atoms with Gasteiger partial charge in [-0.1, -0.05) is 24.9 Å². The number of nitrogens with zero attached hydrogens (tertiary/aromatic N) is 3. The molecule has 25 heavy (non-hydrogen) atoms. The van der Waals surface area contributed by atoms with Crippen molar-refractivity contribution in [3.63, 3.8) is 0 Å². The molecule has 1 aliphatic heterocycles. The average molecular weight is 362 g/mol. The molecule has 2 atom stereocenters. The van der Waals surface area contributed by atoms with Gasteiger partial charge in [0.25, 0.3) is 5.56 Å². The predicted octanol–water partition coefficient (Wildman–Crippen LogP) is 2.97. The van der Waals surface area contributed by atoms with Gasteiger partial charge in [-0.3, -0.25) is 9.36 Å². The van der Waals surface area contributed by atoms with Crippen LogP contribution in [0.1, 0.15) is 45.1 Å². The zero-order chi connectivity index (χ0) is 17.4. The molecule has 2 fully saturated rings. The number of piperidine rings is 1. The molecule has 0 amide bonds. The summed E-state index contributed by atoms with van der Waals surface area (Å²) >= 11 is 6.20. The molecule has 2 aromatic rings. The van der Waals surface area contributed by atoms with Gasteiger partial charge < -0.3 is 10.6 Å². The second-order valence-corrected chi connectivity index (χ2v) is 7.69. The first kappa shape index (κ1) is 16.8. The third-order valence-corrected chi connectivity index (χ3v) is 5.82. The smallest absolute Gasteiger partial charge is 0.271 e. The third-order valence-electron chi connectivity index (χ3n) is 5.55. The lowest BCUT2D eigenvalue weighted by Gasteiger charge is -2.24. The number of rotatable bonds is 3. The van der Waals surface area contributed by atoms with Crippen molar-refractivity contribution in [2.45, 2.75) is 51.1 Å². The van der Waals surface area contributed by atoms with Crippen molar-refractivity contribution in [1.29, 1.82) is 0 Å². The first-order chi connectivity index (χ1) is 12.1. The van der Waals surface area contributed by atoms with E-state index in [0.717, 1.165) is 50.6 Å². The van der Waals surface area contributed by atoms with Gasteiger partial charge in [0, 0.05) is 23.7 Å². The summed E-state index contributed by atoms with van der Waals surface area (Å²) in [5, 5.41) is 7.84. The van der Waals surface area contributed by atoms with E-state index in [1.165, 1.54) is 0 Å². The van der Waals surface area contributed by atoms with E-state index >= 15 is 0 Å². The zero-order valence-corrected chi connectivity index (χ0v) is 15.2. The summed E-state index contributed by atoms with van der Waals surface area (Å²) in [5.74, 6) is 1.05. The van der Waals surface area contributed by atoms with Crippen molar-refractivity contribution < 1.29 is 0 Å². The quantitative estimate of drug-likeness (QED) is 0.879. The van der Waals surface area contributed by atoms with Gasteiger partial charge in [0.15, 0.2) is 0 Å². The van der Waals surface area contributed by atoms with Gasteiger partial charge in [-0.05, 0) is 50.8 Å². The summed E-state index contributed by atoms with van der Waals surface area (Å²) in [6.07, 6.45) is 7.14. The number of hydrogen-bond donors (Lipinski definition) is 2. The predicted molar refractivity (Wildman–Crippen MR) is 100 cm³/mol. The van der Waals surface area contributed by atoms with Crippen LogP contribution in [0.5, 0.6) is 0 Å². The van der Waals surface area contributed by atoms with Crippen LogP contribution in [0.15, 0.2) is 17.1 Å². The summed E-state index contributed by atoms with van der Waals surface area (Å²) in [5.41, 5.74) is 0.555. The molecule has 7 heteroatoms. The number of pyridine rings is 1. The molecule has 134 valence electrons. The van der Waals surface area contributed by atoms with Crippen LogP contribution in [0, 0.1) is 5.92 Å². The largest absolute Gasteiger partial charge is 0.351 e. The highest BCUT2D eigenvalue weighted by Crippen LogP contribution is 2.36. The maximum absolute atomic E-state index is 12.8. The van der Waals surface area contributed by atoms with Gasteiger partial charge in [-0.2, -0.15) is 4.98 Å². The van der Waals surface area contributed by atoms with E-state index in [-0.39, 0.29) is 16.6 Å². The minimum absolute atomic E-state index is 0.139. The number of halogens is 1. The molecule has 0 radical (unpaired) electrons. The number of anilines is 1. The molecule has 1 unspecified atom stereocenters. The Morgan fingerprint density at radius 2 is 2.08 bits per heavy atom. The molecule has 2 aromatic heterocycles. The van der Waals surface area contributed by atoms with Crippen LogP contribution in [-0.2, 0) is 0 Å². The lowest BCUT2D eigenvalue weighted by Crippen LogP contribution is -2.35. The number of nitrogens with one attached hydrogen (secondary N) is 2. The molecule has 3 heterocycles. The van der Waals surface area contributed by atoms with E-state index in [4.69, 9.17) is 16.6 Å². The molecule has 6 nitrogen and oxygen atoms in total. The van der Waals surface area contributed by atoms with Gasteiger partial charge in [-0.15, -0.1) is 0 Å². The van der Waals surface area contributed by atoms with E-state index in [0.29, 0.717) is 23.6 Å². The topological polar surface area (TPSA) is 71.8 Å². The fraction of sp³-hybridized carbons (Fsp3) is 0.611. The first-order valence-corrected chi connectivity index (χ1v) is 9.56. The van der Waals surface area contributed by atoms with Crippen LogP contribution in [-0.4, -0.2) is 33.7 Å². The number of hydrogen-bond acceptors (Lipinski definition) is 5. The second-order valence-electron chi connectivity index (χ2n) is 7.28. The van der Waals surface area contributed by atoms with E-state index < -0.39 is 0 Å². The molecular weight excluding hydrogens is 338 g/mol. The Bertz CT molecular complexity index is 830. The molecule has 0 spiro atoms. The Balaban J connectivity index is 1.76. The summed E-state index contributed by atoms with van der Waals surface area (Å²) < 4.78 is 1.81. The Kier molecular flexibility index (Phi) is 4.65. The highest BCUT2D eigenvalue weighted by Gasteiger charge is 2.28. The molecule has 0 aromatic carbocycles. The Morgan fingerprint density at radius 1 is 1.28 bits per heavy atom. The standard InChI is InChI=1S/C18H24ClN5O/c1-11-3-2-4-15(11)24-16-12(9-14(19)17(24)25)10-21-18(23-16)22-13-5-7-20-8-6-13/h9-11,13,15,20H,2-8H2,1H3,(H,21,22,23)/t11-,15?/m0/s1. The van der Waals surface area contributed by atoms with Crippen LogP contribution in [0.3, 0.4) is 0 Å². The van der Waals surface area contributed by atoms with Crippen molar-refractivity contribution in [3.05, 3.63) is 27.6 Å². The summed E-state index contributed by atoms with van der Waals surface area (Å²) in [6.45, 7) is 4.21. The zero-order valence-electron chi connectivity index (χ0n) is 14.5. The van der Waals surface area contributed by atoms with Gasteiger partial charge in [-0.25, -0.2) is 4.98 Å².